The standard InChI is InChI=1S/C12H10F3N3O/c1-6-7(2-3-19-6)11-17-9-5-16-4-8(9)10(18-11)12(13,14)15/h2-3,16H,4-5H2,1H3. The zero-order valence-electron chi connectivity index (χ0n) is 10.0. The number of furan rings is 1. The first kappa shape index (κ1) is 12.2. The lowest BCUT2D eigenvalue weighted by Gasteiger charge is -2.11. The summed E-state index contributed by atoms with van der Waals surface area (Å²) in [6, 6.07) is 1.57. The number of aromatic nitrogens is 2. The molecule has 0 bridgehead atoms. The molecule has 1 aliphatic heterocycles. The average Bonchev–Trinajstić information content (AvgIpc) is 2.94. The summed E-state index contributed by atoms with van der Waals surface area (Å²) in [6.07, 6.45) is -3.07. The lowest BCUT2D eigenvalue weighted by Crippen LogP contribution is -2.14. The lowest BCUT2D eigenvalue weighted by atomic mass is 10.1. The van der Waals surface area contributed by atoms with Gasteiger partial charge in [0.2, 0.25) is 0 Å². The van der Waals surface area contributed by atoms with Crippen LogP contribution in [0.4, 0.5) is 13.2 Å². The first-order valence-electron chi connectivity index (χ1n) is 5.69. The summed E-state index contributed by atoms with van der Waals surface area (Å²) in [5, 5.41) is 2.86. The number of alkyl halides is 3. The van der Waals surface area contributed by atoms with Crippen LogP contribution in [-0.2, 0) is 19.3 Å². The summed E-state index contributed by atoms with van der Waals surface area (Å²) in [4.78, 5) is 7.88. The second-order valence-electron chi connectivity index (χ2n) is 4.31. The Bertz CT molecular complexity index is 634. The Hall–Kier alpha value is -1.89. The zero-order chi connectivity index (χ0) is 13.6. The van der Waals surface area contributed by atoms with Crippen molar-refractivity contribution in [1.29, 1.82) is 0 Å². The van der Waals surface area contributed by atoms with Gasteiger partial charge in [-0.2, -0.15) is 13.2 Å². The molecule has 7 heteroatoms. The van der Waals surface area contributed by atoms with Gasteiger partial charge in [0.1, 0.15) is 5.76 Å². The predicted octanol–water partition coefficient (Wildman–Crippen LogP) is 2.67. The quantitative estimate of drug-likeness (QED) is 0.864. The highest BCUT2D eigenvalue weighted by Gasteiger charge is 2.38. The molecule has 0 spiro atoms. The molecular weight excluding hydrogens is 259 g/mol. The van der Waals surface area contributed by atoms with Gasteiger partial charge in [0.15, 0.2) is 11.5 Å². The van der Waals surface area contributed by atoms with Crippen LogP contribution in [0.1, 0.15) is 22.7 Å². The summed E-state index contributed by atoms with van der Waals surface area (Å²) < 4.78 is 44.2. The first-order valence-corrected chi connectivity index (χ1v) is 5.69. The van der Waals surface area contributed by atoms with E-state index in [0.717, 1.165) is 0 Å². The minimum atomic E-state index is -4.48. The average molecular weight is 269 g/mol. The van der Waals surface area contributed by atoms with Crippen molar-refractivity contribution in [3.63, 3.8) is 0 Å². The Morgan fingerprint density at radius 1 is 1.26 bits per heavy atom. The van der Waals surface area contributed by atoms with E-state index in [0.29, 0.717) is 23.6 Å². The molecule has 0 radical (unpaired) electrons. The smallest absolute Gasteiger partial charge is 0.433 e. The highest BCUT2D eigenvalue weighted by Crippen LogP contribution is 2.35. The van der Waals surface area contributed by atoms with Gasteiger partial charge in [0, 0.05) is 18.7 Å². The fourth-order valence-corrected chi connectivity index (χ4v) is 2.14. The third-order valence-corrected chi connectivity index (χ3v) is 3.06. The van der Waals surface area contributed by atoms with Crippen molar-refractivity contribution in [1.82, 2.24) is 15.3 Å². The molecule has 0 atom stereocenters. The largest absolute Gasteiger partial charge is 0.469 e. The van der Waals surface area contributed by atoms with Crippen LogP contribution < -0.4 is 5.32 Å². The van der Waals surface area contributed by atoms with Crippen LogP contribution in [0.2, 0.25) is 0 Å². The van der Waals surface area contributed by atoms with Crippen molar-refractivity contribution in [3.8, 4) is 11.4 Å². The van der Waals surface area contributed by atoms with Crippen molar-refractivity contribution in [3.05, 3.63) is 35.0 Å². The van der Waals surface area contributed by atoms with E-state index in [2.05, 4.69) is 15.3 Å². The van der Waals surface area contributed by atoms with E-state index in [9.17, 15) is 13.2 Å². The monoisotopic (exact) mass is 269 g/mol. The number of hydrogen-bond donors (Lipinski definition) is 1. The second-order valence-corrected chi connectivity index (χ2v) is 4.31. The van der Waals surface area contributed by atoms with Crippen LogP contribution in [0.3, 0.4) is 0 Å². The molecule has 0 aromatic carbocycles. The van der Waals surface area contributed by atoms with Crippen molar-refractivity contribution in [2.45, 2.75) is 26.2 Å². The number of fused-ring (bicyclic) bond motifs is 1. The predicted molar refractivity (Wildman–Crippen MR) is 60.0 cm³/mol. The van der Waals surface area contributed by atoms with Crippen molar-refractivity contribution < 1.29 is 17.6 Å². The minimum Gasteiger partial charge on any atom is -0.469 e. The molecule has 100 valence electrons. The van der Waals surface area contributed by atoms with Crippen LogP contribution in [-0.4, -0.2) is 9.97 Å². The second kappa shape index (κ2) is 4.06. The normalized spacial score (nSPS) is 14.7. The molecule has 4 nitrogen and oxygen atoms in total. The van der Waals surface area contributed by atoms with Crippen molar-refractivity contribution >= 4 is 0 Å². The summed E-state index contributed by atoms with van der Waals surface area (Å²) in [5.74, 6) is 0.556. The molecule has 0 amide bonds. The number of nitrogens with one attached hydrogen (secondary N) is 1. The fraction of sp³-hybridized carbons (Fsp3) is 0.333. The Labute approximate surface area is 106 Å². The maximum atomic E-state index is 13.0. The van der Waals surface area contributed by atoms with E-state index in [1.807, 2.05) is 0 Å². The number of halogens is 3. The van der Waals surface area contributed by atoms with Gasteiger partial charge in [0.05, 0.1) is 17.5 Å². The van der Waals surface area contributed by atoms with Crippen LogP contribution in [0.5, 0.6) is 0 Å². The summed E-state index contributed by atoms with van der Waals surface area (Å²) in [5.41, 5.74) is 0.161. The molecule has 0 saturated heterocycles. The number of rotatable bonds is 1. The lowest BCUT2D eigenvalue weighted by molar-refractivity contribution is -0.141. The van der Waals surface area contributed by atoms with Gasteiger partial charge in [-0.15, -0.1) is 0 Å². The molecule has 0 unspecified atom stereocenters. The highest BCUT2D eigenvalue weighted by atomic mass is 19.4. The molecule has 1 aliphatic rings. The molecule has 19 heavy (non-hydrogen) atoms. The minimum absolute atomic E-state index is 0.0565. The molecule has 3 heterocycles. The van der Waals surface area contributed by atoms with E-state index < -0.39 is 11.9 Å². The number of nitrogens with zero attached hydrogens (tertiary/aromatic N) is 2. The third-order valence-electron chi connectivity index (χ3n) is 3.06. The Balaban J connectivity index is 2.21. The van der Waals surface area contributed by atoms with Crippen LogP contribution in [0, 0.1) is 6.92 Å². The van der Waals surface area contributed by atoms with E-state index >= 15 is 0 Å². The number of aryl methyl sites for hydroxylation is 1. The van der Waals surface area contributed by atoms with Gasteiger partial charge in [-0.3, -0.25) is 0 Å². The van der Waals surface area contributed by atoms with E-state index in [1.165, 1.54) is 6.26 Å². The van der Waals surface area contributed by atoms with Crippen molar-refractivity contribution in [2.75, 3.05) is 0 Å². The van der Waals surface area contributed by atoms with E-state index in [4.69, 9.17) is 4.42 Å². The highest BCUT2D eigenvalue weighted by molar-refractivity contribution is 5.58. The molecule has 1 N–H and O–H groups in total. The Kier molecular flexibility index (Phi) is 2.60. The van der Waals surface area contributed by atoms with Gasteiger partial charge in [-0.25, -0.2) is 9.97 Å². The molecule has 0 aliphatic carbocycles. The molecule has 2 aromatic heterocycles. The Morgan fingerprint density at radius 2 is 2.05 bits per heavy atom. The summed E-state index contributed by atoms with van der Waals surface area (Å²) >= 11 is 0. The summed E-state index contributed by atoms with van der Waals surface area (Å²) in [6.45, 7) is 2.14. The SMILES string of the molecule is Cc1occc1-c1nc2c(c(C(F)(F)F)n1)CNC2. The Morgan fingerprint density at radius 3 is 2.68 bits per heavy atom. The maximum Gasteiger partial charge on any atom is 0.433 e. The summed E-state index contributed by atoms with van der Waals surface area (Å²) in [7, 11) is 0. The molecule has 0 saturated carbocycles. The van der Waals surface area contributed by atoms with Gasteiger partial charge < -0.3 is 9.73 Å². The van der Waals surface area contributed by atoms with Gasteiger partial charge in [-0.05, 0) is 13.0 Å². The van der Waals surface area contributed by atoms with Crippen LogP contribution >= 0.6 is 0 Å². The first-order chi connectivity index (χ1) is 8.97. The zero-order valence-corrected chi connectivity index (χ0v) is 10.0. The topological polar surface area (TPSA) is 51.0 Å². The molecule has 3 rings (SSSR count). The van der Waals surface area contributed by atoms with E-state index in [1.54, 1.807) is 13.0 Å². The molecular formula is C12H10F3N3O. The van der Waals surface area contributed by atoms with Gasteiger partial charge >= 0.3 is 6.18 Å². The molecule has 0 fully saturated rings. The van der Waals surface area contributed by atoms with Crippen molar-refractivity contribution in [2.24, 2.45) is 0 Å². The number of hydrogen-bond acceptors (Lipinski definition) is 4. The van der Waals surface area contributed by atoms with Gasteiger partial charge in [-0.1, -0.05) is 0 Å². The van der Waals surface area contributed by atoms with Crippen LogP contribution in [0.25, 0.3) is 11.4 Å². The third kappa shape index (κ3) is 1.99. The maximum absolute atomic E-state index is 13.0. The van der Waals surface area contributed by atoms with Gasteiger partial charge in [0.25, 0.3) is 0 Å². The van der Waals surface area contributed by atoms with E-state index in [-0.39, 0.29) is 17.9 Å². The molecule has 2 aromatic rings. The fourth-order valence-electron chi connectivity index (χ4n) is 2.14. The van der Waals surface area contributed by atoms with Crippen LogP contribution in [0.15, 0.2) is 16.7 Å².